The third-order valence-electron chi connectivity index (χ3n) is 3.98. The molecule has 0 aliphatic heterocycles. The van der Waals surface area contributed by atoms with Crippen molar-refractivity contribution >= 4 is 16.5 Å². The zero-order chi connectivity index (χ0) is 15.7. The first-order valence-electron chi connectivity index (χ1n) is 7.53. The highest BCUT2D eigenvalue weighted by Crippen LogP contribution is 2.26. The molecule has 3 rings (SSSR count). The number of hydrogen-bond acceptors (Lipinski definition) is 1. The van der Waals surface area contributed by atoms with Gasteiger partial charge in [0.05, 0.1) is 5.52 Å². The van der Waals surface area contributed by atoms with E-state index in [0.717, 1.165) is 39.7 Å². The fourth-order valence-corrected chi connectivity index (χ4v) is 3.05. The van der Waals surface area contributed by atoms with Crippen LogP contribution < -0.4 is 5.56 Å². The minimum atomic E-state index is 0.00856. The molecule has 2 aromatic carbocycles. The van der Waals surface area contributed by atoms with Crippen molar-refractivity contribution < 1.29 is 0 Å². The lowest BCUT2D eigenvalue weighted by Gasteiger charge is -2.17. The van der Waals surface area contributed by atoms with Crippen molar-refractivity contribution in [2.24, 2.45) is 0 Å². The van der Waals surface area contributed by atoms with Gasteiger partial charge in [0.2, 0.25) is 0 Å². The van der Waals surface area contributed by atoms with Crippen LogP contribution >= 0.6 is 0 Å². The molecule has 0 spiro atoms. The van der Waals surface area contributed by atoms with Gasteiger partial charge in [0.15, 0.2) is 0 Å². The summed E-state index contributed by atoms with van der Waals surface area (Å²) in [5.41, 5.74) is 4.48. The van der Waals surface area contributed by atoms with Crippen LogP contribution in [0.4, 0.5) is 0 Å². The second-order valence-corrected chi connectivity index (χ2v) is 5.48. The quantitative estimate of drug-likeness (QED) is 0.691. The van der Waals surface area contributed by atoms with E-state index in [9.17, 15) is 4.79 Å². The Bertz CT molecular complexity index is 904. The molecule has 0 fully saturated rings. The van der Waals surface area contributed by atoms with Gasteiger partial charge in [-0.15, -0.1) is 0 Å². The van der Waals surface area contributed by atoms with E-state index in [-0.39, 0.29) is 5.56 Å². The molecular formula is C20H19NO. The summed E-state index contributed by atoms with van der Waals surface area (Å²) < 4.78 is 1.79. The predicted molar refractivity (Wildman–Crippen MR) is 93.6 cm³/mol. The molecule has 2 heteroatoms. The monoisotopic (exact) mass is 289 g/mol. The third-order valence-corrected chi connectivity index (χ3v) is 3.98. The summed E-state index contributed by atoms with van der Waals surface area (Å²) in [6.07, 6.45) is 0.813. The molecular weight excluding hydrogens is 270 g/mol. The molecule has 0 aliphatic rings. The first-order valence-corrected chi connectivity index (χ1v) is 7.53. The van der Waals surface area contributed by atoms with Gasteiger partial charge in [-0.2, -0.15) is 0 Å². The standard InChI is InChI=1S/C20H19NO/c1-4-16-17-12-8-9-13-18(17)21(15-10-6-5-7-11-15)20(22)19(16)14(2)3/h5-13H,2,4H2,1,3H3. The van der Waals surface area contributed by atoms with Gasteiger partial charge in [0.1, 0.15) is 0 Å². The lowest BCUT2D eigenvalue weighted by molar-refractivity contribution is 1.01. The molecule has 1 aromatic heterocycles. The normalized spacial score (nSPS) is 10.8. The van der Waals surface area contributed by atoms with Gasteiger partial charge in [-0.1, -0.05) is 49.9 Å². The maximum absolute atomic E-state index is 13.1. The second-order valence-electron chi connectivity index (χ2n) is 5.48. The van der Waals surface area contributed by atoms with Crippen LogP contribution in [0.5, 0.6) is 0 Å². The lowest BCUT2D eigenvalue weighted by atomic mass is 9.96. The predicted octanol–water partition coefficient (Wildman–Crippen LogP) is 4.59. The van der Waals surface area contributed by atoms with Crippen molar-refractivity contribution in [2.45, 2.75) is 20.3 Å². The molecule has 0 radical (unpaired) electrons. The molecule has 0 unspecified atom stereocenters. The number of para-hydroxylation sites is 2. The van der Waals surface area contributed by atoms with Gasteiger partial charge in [0, 0.05) is 16.6 Å². The van der Waals surface area contributed by atoms with Crippen LogP contribution in [0.1, 0.15) is 25.0 Å². The zero-order valence-corrected chi connectivity index (χ0v) is 13.0. The largest absolute Gasteiger partial charge is 0.276 e. The number of hydrogen-bond donors (Lipinski definition) is 0. The Labute approximate surface area is 130 Å². The number of aryl methyl sites for hydroxylation is 1. The van der Waals surface area contributed by atoms with Crippen LogP contribution in [0, 0.1) is 0 Å². The van der Waals surface area contributed by atoms with Crippen LogP contribution in [0.3, 0.4) is 0 Å². The van der Waals surface area contributed by atoms with Gasteiger partial charge in [0.25, 0.3) is 5.56 Å². The molecule has 1 heterocycles. The average molecular weight is 289 g/mol. The summed E-state index contributed by atoms with van der Waals surface area (Å²) in [6, 6.07) is 17.9. The Morgan fingerprint density at radius 2 is 1.68 bits per heavy atom. The summed E-state index contributed by atoms with van der Waals surface area (Å²) in [5.74, 6) is 0. The van der Waals surface area contributed by atoms with Crippen LogP contribution in [0.15, 0.2) is 66.0 Å². The summed E-state index contributed by atoms with van der Waals surface area (Å²) in [5, 5.41) is 1.12. The second kappa shape index (κ2) is 5.64. The molecule has 110 valence electrons. The number of allylic oxidation sites excluding steroid dienone is 1. The van der Waals surface area contributed by atoms with Crippen LogP contribution in [0.2, 0.25) is 0 Å². The van der Waals surface area contributed by atoms with E-state index < -0.39 is 0 Å². The highest BCUT2D eigenvalue weighted by atomic mass is 16.1. The molecule has 0 saturated carbocycles. The van der Waals surface area contributed by atoms with E-state index >= 15 is 0 Å². The molecule has 2 nitrogen and oxygen atoms in total. The molecule has 0 aliphatic carbocycles. The Morgan fingerprint density at radius 3 is 2.32 bits per heavy atom. The van der Waals surface area contributed by atoms with Gasteiger partial charge >= 0.3 is 0 Å². The maximum Gasteiger partial charge on any atom is 0.263 e. The average Bonchev–Trinajstić information content (AvgIpc) is 2.54. The number of benzene rings is 2. The van der Waals surface area contributed by atoms with E-state index in [2.05, 4.69) is 19.6 Å². The van der Waals surface area contributed by atoms with Crippen molar-refractivity contribution in [2.75, 3.05) is 0 Å². The van der Waals surface area contributed by atoms with Crippen molar-refractivity contribution in [1.29, 1.82) is 0 Å². The van der Waals surface area contributed by atoms with Gasteiger partial charge in [-0.05, 0) is 42.7 Å². The van der Waals surface area contributed by atoms with Crippen LogP contribution in [-0.2, 0) is 6.42 Å². The lowest BCUT2D eigenvalue weighted by Crippen LogP contribution is -2.24. The highest BCUT2D eigenvalue weighted by Gasteiger charge is 2.16. The van der Waals surface area contributed by atoms with E-state index in [1.807, 2.05) is 55.5 Å². The molecule has 0 amide bonds. The van der Waals surface area contributed by atoms with E-state index in [1.54, 1.807) is 4.57 Å². The first kappa shape index (κ1) is 14.3. The Kier molecular flexibility index (Phi) is 3.68. The Hall–Kier alpha value is -2.61. The van der Waals surface area contributed by atoms with E-state index in [1.165, 1.54) is 0 Å². The number of fused-ring (bicyclic) bond motifs is 1. The molecule has 3 aromatic rings. The smallest absolute Gasteiger partial charge is 0.263 e. The fraction of sp³-hybridized carbons (Fsp3) is 0.150. The summed E-state index contributed by atoms with van der Waals surface area (Å²) in [6.45, 7) is 8.01. The first-order chi connectivity index (χ1) is 10.6. The third kappa shape index (κ3) is 2.17. The fourth-order valence-electron chi connectivity index (χ4n) is 3.05. The Morgan fingerprint density at radius 1 is 1.05 bits per heavy atom. The van der Waals surface area contributed by atoms with Gasteiger partial charge < -0.3 is 0 Å². The molecule has 0 N–H and O–H groups in total. The molecule has 0 saturated heterocycles. The minimum absolute atomic E-state index is 0.00856. The number of nitrogens with zero attached hydrogens (tertiary/aromatic N) is 1. The summed E-state index contributed by atoms with van der Waals surface area (Å²) >= 11 is 0. The number of aromatic nitrogens is 1. The van der Waals surface area contributed by atoms with Crippen molar-refractivity contribution in [3.8, 4) is 5.69 Å². The topological polar surface area (TPSA) is 22.0 Å². The SMILES string of the molecule is C=C(C)c1c(CC)c2ccccc2n(-c2ccccc2)c1=O. The van der Waals surface area contributed by atoms with Gasteiger partial charge in [-0.25, -0.2) is 0 Å². The van der Waals surface area contributed by atoms with Crippen LogP contribution in [-0.4, -0.2) is 4.57 Å². The molecule has 22 heavy (non-hydrogen) atoms. The Balaban J connectivity index is 2.55. The van der Waals surface area contributed by atoms with Crippen molar-refractivity contribution in [3.05, 3.63) is 82.7 Å². The van der Waals surface area contributed by atoms with Crippen molar-refractivity contribution in [3.63, 3.8) is 0 Å². The van der Waals surface area contributed by atoms with Crippen molar-refractivity contribution in [1.82, 2.24) is 4.57 Å². The minimum Gasteiger partial charge on any atom is -0.276 e. The van der Waals surface area contributed by atoms with E-state index in [0.29, 0.717) is 0 Å². The summed E-state index contributed by atoms with van der Waals surface area (Å²) in [7, 11) is 0. The van der Waals surface area contributed by atoms with Crippen LogP contribution in [0.25, 0.3) is 22.2 Å². The molecule has 0 bridgehead atoms. The summed E-state index contributed by atoms with van der Waals surface area (Å²) in [4.78, 5) is 13.1. The number of rotatable bonds is 3. The van der Waals surface area contributed by atoms with E-state index in [4.69, 9.17) is 0 Å². The maximum atomic E-state index is 13.1. The molecule has 0 atom stereocenters. The zero-order valence-electron chi connectivity index (χ0n) is 13.0. The van der Waals surface area contributed by atoms with Gasteiger partial charge in [-0.3, -0.25) is 9.36 Å². The number of pyridine rings is 1. The highest BCUT2D eigenvalue weighted by molar-refractivity contribution is 5.88.